The Kier molecular flexibility index (Phi) is 2.67. The van der Waals surface area contributed by atoms with E-state index in [2.05, 4.69) is 17.5 Å². The molecule has 0 fully saturated rings. The normalized spacial score (nSPS) is 8.85. The van der Waals surface area contributed by atoms with Gasteiger partial charge in [0.1, 0.15) is 0 Å². The molecule has 5 heteroatoms. The summed E-state index contributed by atoms with van der Waals surface area (Å²) in [5.41, 5.74) is 12.5. The van der Waals surface area contributed by atoms with Gasteiger partial charge in [0.25, 0.3) is 0 Å². The van der Waals surface area contributed by atoms with Gasteiger partial charge in [0.2, 0.25) is 0 Å². The molecular weight excluding hydrogens is 184 g/mol. The molecule has 1 aromatic carbocycles. The van der Waals surface area contributed by atoms with Crippen LogP contribution in [0.5, 0.6) is 0 Å². The SMILES string of the molecule is N#Cc1ccc(NC(N)=S)c(N)c1. The van der Waals surface area contributed by atoms with Crippen LogP contribution in [-0.2, 0) is 0 Å². The molecule has 0 bridgehead atoms. The summed E-state index contributed by atoms with van der Waals surface area (Å²) in [6.45, 7) is 0. The van der Waals surface area contributed by atoms with E-state index in [1.165, 1.54) is 0 Å². The zero-order valence-electron chi connectivity index (χ0n) is 6.74. The first-order valence-corrected chi connectivity index (χ1v) is 3.90. The van der Waals surface area contributed by atoms with E-state index < -0.39 is 0 Å². The summed E-state index contributed by atoms with van der Waals surface area (Å²) in [4.78, 5) is 0. The Morgan fingerprint density at radius 3 is 2.69 bits per heavy atom. The largest absolute Gasteiger partial charge is 0.397 e. The van der Waals surface area contributed by atoms with Gasteiger partial charge in [0, 0.05) is 0 Å². The van der Waals surface area contributed by atoms with Crippen molar-refractivity contribution >= 4 is 28.7 Å². The predicted molar refractivity (Wildman–Crippen MR) is 56.0 cm³/mol. The van der Waals surface area contributed by atoms with E-state index in [9.17, 15) is 0 Å². The monoisotopic (exact) mass is 192 g/mol. The smallest absolute Gasteiger partial charge is 0.168 e. The van der Waals surface area contributed by atoms with E-state index in [1.54, 1.807) is 18.2 Å². The number of nitrogens with zero attached hydrogens (tertiary/aromatic N) is 1. The second-order valence-electron chi connectivity index (χ2n) is 2.40. The molecule has 4 nitrogen and oxygen atoms in total. The van der Waals surface area contributed by atoms with Crippen LogP contribution in [0.3, 0.4) is 0 Å². The zero-order valence-corrected chi connectivity index (χ0v) is 7.56. The molecule has 0 aliphatic rings. The van der Waals surface area contributed by atoms with Gasteiger partial charge in [0.05, 0.1) is 23.0 Å². The molecule has 0 radical (unpaired) electrons. The van der Waals surface area contributed by atoms with Crippen molar-refractivity contribution in [2.75, 3.05) is 11.1 Å². The second kappa shape index (κ2) is 3.74. The lowest BCUT2D eigenvalue weighted by molar-refractivity contribution is 1.48. The average Bonchev–Trinajstić information content (AvgIpc) is 2.08. The number of nitrogens with two attached hydrogens (primary N) is 2. The van der Waals surface area contributed by atoms with E-state index in [0.717, 1.165) is 0 Å². The highest BCUT2D eigenvalue weighted by Crippen LogP contribution is 2.18. The molecule has 0 aliphatic heterocycles. The van der Waals surface area contributed by atoms with Gasteiger partial charge in [0.15, 0.2) is 5.11 Å². The highest BCUT2D eigenvalue weighted by atomic mass is 32.1. The first-order valence-electron chi connectivity index (χ1n) is 3.49. The first-order chi connectivity index (χ1) is 6.13. The Hall–Kier alpha value is -1.80. The Bertz CT molecular complexity index is 380. The van der Waals surface area contributed by atoms with Crippen LogP contribution in [0.25, 0.3) is 0 Å². The van der Waals surface area contributed by atoms with Crippen molar-refractivity contribution in [3.8, 4) is 6.07 Å². The molecule has 0 unspecified atom stereocenters. The van der Waals surface area contributed by atoms with Crippen LogP contribution in [0.15, 0.2) is 18.2 Å². The number of anilines is 2. The fraction of sp³-hybridized carbons (Fsp3) is 0. The van der Waals surface area contributed by atoms with E-state index in [-0.39, 0.29) is 5.11 Å². The second-order valence-corrected chi connectivity index (χ2v) is 2.84. The van der Waals surface area contributed by atoms with Crippen molar-refractivity contribution in [1.82, 2.24) is 0 Å². The summed E-state index contributed by atoms with van der Waals surface area (Å²) >= 11 is 4.64. The molecular formula is C8H8N4S. The van der Waals surface area contributed by atoms with Crippen LogP contribution in [-0.4, -0.2) is 5.11 Å². The third-order valence-corrected chi connectivity index (χ3v) is 1.54. The van der Waals surface area contributed by atoms with Crippen molar-refractivity contribution in [2.45, 2.75) is 0 Å². The summed E-state index contributed by atoms with van der Waals surface area (Å²) in [6, 6.07) is 6.83. The van der Waals surface area contributed by atoms with Gasteiger partial charge in [-0.25, -0.2) is 0 Å². The van der Waals surface area contributed by atoms with Crippen molar-refractivity contribution < 1.29 is 0 Å². The maximum absolute atomic E-state index is 8.56. The van der Waals surface area contributed by atoms with Gasteiger partial charge < -0.3 is 16.8 Å². The molecule has 0 aliphatic carbocycles. The van der Waals surface area contributed by atoms with E-state index in [0.29, 0.717) is 16.9 Å². The molecule has 0 spiro atoms. The van der Waals surface area contributed by atoms with Crippen LogP contribution in [0.4, 0.5) is 11.4 Å². The van der Waals surface area contributed by atoms with E-state index in [1.807, 2.05) is 6.07 Å². The van der Waals surface area contributed by atoms with Gasteiger partial charge in [-0.15, -0.1) is 0 Å². The van der Waals surface area contributed by atoms with Gasteiger partial charge >= 0.3 is 0 Å². The minimum atomic E-state index is 0.149. The highest BCUT2D eigenvalue weighted by molar-refractivity contribution is 7.80. The Morgan fingerprint density at radius 2 is 2.23 bits per heavy atom. The maximum Gasteiger partial charge on any atom is 0.168 e. The van der Waals surface area contributed by atoms with Crippen molar-refractivity contribution in [3.05, 3.63) is 23.8 Å². The third kappa shape index (κ3) is 2.32. The standard InChI is InChI=1S/C8H8N4S/c9-4-5-1-2-7(6(10)3-5)12-8(11)13/h1-3H,10H2,(H3,11,12,13). The summed E-state index contributed by atoms with van der Waals surface area (Å²) in [5, 5.41) is 11.4. The van der Waals surface area contributed by atoms with Crippen LogP contribution in [0, 0.1) is 11.3 Å². The van der Waals surface area contributed by atoms with E-state index >= 15 is 0 Å². The Balaban J connectivity index is 3.00. The first kappa shape index (κ1) is 9.29. The third-order valence-electron chi connectivity index (χ3n) is 1.44. The molecule has 5 N–H and O–H groups in total. The molecule has 0 heterocycles. The fourth-order valence-corrected chi connectivity index (χ4v) is 0.989. The number of thiocarbonyl (C=S) groups is 1. The minimum absolute atomic E-state index is 0.149. The van der Waals surface area contributed by atoms with E-state index in [4.69, 9.17) is 16.7 Å². The lowest BCUT2D eigenvalue weighted by Crippen LogP contribution is -2.19. The predicted octanol–water partition coefficient (Wildman–Crippen LogP) is 0.796. The molecule has 1 rings (SSSR count). The summed E-state index contributed by atoms with van der Waals surface area (Å²) in [7, 11) is 0. The lowest BCUT2D eigenvalue weighted by atomic mass is 10.2. The van der Waals surface area contributed by atoms with Gasteiger partial charge in [-0.2, -0.15) is 5.26 Å². The van der Waals surface area contributed by atoms with Gasteiger partial charge in [-0.1, -0.05) is 0 Å². The van der Waals surface area contributed by atoms with Crippen LogP contribution >= 0.6 is 12.2 Å². The van der Waals surface area contributed by atoms with Crippen LogP contribution in [0.1, 0.15) is 5.56 Å². The quantitative estimate of drug-likeness (QED) is 0.452. The van der Waals surface area contributed by atoms with Crippen molar-refractivity contribution in [2.24, 2.45) is 5.73 Å². The number of hydrogen-bond acceptors (Lipinski definition) is 3. The number of nitrogens with one attached hydrogen (secondary N) is 1. The molecule has 0 saturated carbocycles. The summed E-state index contributed by atoms with van der Waals surface area (Å²) in [5.74, 6) is 0. The molecule has 0 atom stereocenters. The van der Waals surface area contributed by atoms with Gasteiger partial charge in [-0.3, -0.25) is 0 Å². The number of hydrogen-bond donors (Lipinski definition) is 3. The van der Waals surface area contributed by atoms with Crippen molar-refractivity contribution in [1.29, 1.82) is 5.26 Å². The average molecular weight is 192 g/mol. The Morgan fingerprint density at radius 1 is 1.54 bits per heavy atom. The number of benzene rings is 1. The molecule has 0 aromatic heterocycles. The fourth-order valence-electron chi connectivity index (χ4n) is 0.879. The number of rotatable bonds is 1. The molecule has 0 amide bonds. The molecule has 0 saturated heterocycles. The topological polar surface area (TPSA) is 87.9 Å². The van der Waals surface area contributed by atoms with Crippen LogP contribution in [0.2, 0.25) is 0 Å². The van der Waals surface area contributed by atoms with Crippen LogP contribution < -0.4 is 16.8 Å². The summed E-state index contributed by atoms with van der Waals surface area (Å²) < 4.78 is 0. The lowest BCUT2D eigenvalue weighted by Gasteiger charge is -2.06. The Labute approximate surface area is 81.1 Å². The van der Waals surface area contributed by atoms with Gasteiger partial charge in [-0.05, 0) is 30.4 Å². The van der Waals surface area contributed by atoms with Crippen molar-refractivity contribution in [3.63, 3.8) is 0 Å². The molecule has 1 aromatic rings. The molecule has 13 heavy (non-hydrogen) atoms. The molecule has 66 valence electrons. The summed E-state index contributed by atoms with van der Waals surface area (Å²) in [6.07, 6.45) is 0. The zero-order chi connectivity index (χ0) is 9.84. The maximum atomic E-state index is 8.56. The highest BCUT2D eigenvalue weighted by Gasteiger charge is 2.00. The minimum Gasteiger partial charge on any atom is -0.397 e. The number of nitrogen functional groups attached to an aromatic ring is 1. The number of nitriles is 1.